The Labute approximate surface area is 190 Å². The second-order valence-electron chi connectivity index (χ2n) is 8.09. The molecule has 1 aromatic carbocycles. The molecule has 3 atom stereocenters. The number of benzene rings is 1. The average Bonchev–Trinajstić information content (AvgIpc) is 3.16. The number of alkyl halides is 6. The number of hydrogen-bond acceptors (Lipinski definition) is 6. The molecule has 0 saturated heterocycles. The number of carbonyl (C=O) groups is 1. The molecule has 1 amide bonds. The van der Waals surface area contributed by atoms with Crippen LogP contribution in [0.3, 0.4) is 0 Å². The number of nitrogens with one attached hydrogen (secondary N) is 2. The van der Waals surface area contributed by atoms with Crippen molar-refractivity contribution in [3.63, 3.8) is 0 Å². The lowest BCUT2D eigenvalue weighted by molar-refractivity contribution is -0.201. The number of rotatable bonds is 7. The molecule has 3 unspecified atom stereocenters. The number of amides is 1. The lowest BCUT2D eigenvalue weighted by Crippen LogP contribution is -2.40. The van der Waals surface area contributed by atoms with Crippen LogP contribution in [0.5, 0.6) is 0 Å². The Bertz CT molecular complexity index is 974. The summed E-state index contributed by atoms with van der Waals surface area (Å²) < 4.78 is 81.6. The van der Waals surface area contributed by atoms with Gasteiger partial charge in [-0.15, -0.1) is 0 Å². The van der Waals surface area contributed by atoms with Crippen molar-refractivity contribution in [3.8, 4) is 11.3 Å². The van der Waals surface area contributed by atoms with E-state index in [0.29, 0.717) is 25.7 Å². The topological polar surface area (TPSA) is 108 Å². The van der Waals surface area contributed by atoms with E-state index in [1.807, 2.05) is 0 Å². The Morgan fingerprint density at radius 1 is 1.15 bits per heavy atom. The maximum absolute atomic E-state index is 12.9. The molecule has 0 radical (unpaired) electrons. The molecule has 1 aliphatic rings. The number of carbonyl (C=O) groups excluding carboxylic acids is 1. The van der Waals surface area contributed by atoms with E-state index in [1.54, 1.807) is 0 Å². The zero-order valence-corrected chi connectivity index (χ0v) is 17.7. The molecule has 1 aromatic heterocycles. The zero-order chi connectivity index (χ0) is 25.1. The molecule has 7 nitrogen and oxygen atoms in total. The van der Waals surface area contributed by atoms with Gasteiger partial charge >= 0.3 is 12.4 Å². The van der Waals surface area contributed by atoms with Gasteiger partial charge in [-0.1, -0.05) is 17.3 Å². The van der Waals surface area contributed by atoms with Gasteiger partial charge in [0.1, 0.15) is 0 Å². The third kappa shape index (κ3) is 6.48. The molecule has 3 rings (SSSR count). The number of aliphatic hydroxyl groups excluding tert-OH is 2. The lowest BCUT2D eigenvalue weighted by atomic mass is 9.93. The van der Waals surface area contributed by atoms with Gasteiger partial charge in [-0.3, -0.25) is 4.79 Å². The predicted octanol–water partition coefficient (Wildman–Crippen LogP) is 3.41. The normalized spacial score (nSPS) is 20.2. The van der Waals surface area contributed by atoms with Gasteiger partial charge in [-0.2, -0.15) is 26.3 Å². The Morgan fingerprint density at radius 2 is 1.82 bits per heavy atom. The van der Waals surface area contributed by atoms with Crippen LogP contribution in [-0.4, -0.2) is 52.2 Å². The second kappa shape index (κ2) is 10.3. The van der Waals surface area contributed by atoms with Crippen molar-refractivity contribution in [3.05, 3.63) is 41.1 Å². The first kappa shape index (κ1) is 26.0. The van der Waals surface area contributed by atoms with Crippen LogP contribution in [0.15, 0.2) is 28.8 Å². The van der Waals surface area contributed by atoms with Crippen LogP contribution >= 0.6 is 0 Å². The molecule has 34 heavy (non-hydrogen) atoms. The minimum atomic E-state index is -4.86. The molecule has 1 aliphatic carbocycles. The minimum Gasteiger partial charge on any atom is -0.393 e. The van der Waals surface area contributed by atoms with E-state index in [-0.39, 0.29) is 35.2 Å². The number of halogens is 6. The van der Waals surface area contributed by atoms with Crippen molar-refractivity contribution < 1.29 is 45.9 Å². The highest BCUT2D eigenvalue weighted by atomic mass is 19.4. The molecule has 2 aromatic rings. The molecule has 1 fully saturated rings. The van der Waals surface area contributed by atoms with Crippen LogP contribution in [0, 0.1) is 0 Å². The van der Waals surface area contributed by atoms with Gasteiger partial charge in [0, 0.05) is 30.3 Å². The van der Waals surface area contributed by atoms with Crippen LogP contribution in [0.1, 0.15) is 47.3 Å². The molecular weight excluding hydrogens is 472 g/mol. The Morgan fingerprint density at radius 3 is 2.41 bits per heavy atom. The van der Waals surface area contributed by atoms with Crippen molar-refractivity contribution in [2.24, 2.45) is 0 Å². The Balaban J connectivity index is 1.85. The number of hydrogen-bond donors (Lipinski definition) is 4. The van der Waals surface area contributed by atoms with E-state index in [9.17, 15) is 41.4 Å². The molecule has 0 bridgehead atoms. The molecular formula is C21H23F6N3O4. The van der Waals surface area contributed by atoms with E-state index >= 15 is 0 Å². The monoisotopic (exact) mass is 495 g/mol. The SMILES string of the molecule is O=C(NC1CCCC(O)C1)c1noc(-c2ccc(C(F)(F)F)cc2)c1CNCC(O)C(F)(F)F. The van der Waals surface area contributed by atoms with Crippen molar-refractivity contribution in [2.45, 2.75) is 62.8 Å². The van der Waals surface area contributed by atoms with E-state index in [0.717, 1.165) is 24.3 Å². The number of nitrogens with zero attached hydrogens (tertiary/aromatic N) is 1. The van der Waals surface area contributed by atoms with Crippen LogP contribution < -0.4 is 10.6 Å². The maximum Gasteiger partial charge on any atom is 0.416 e. The average molecular weight is 495 g/mol. The zero-order valence-electron chi connectivity index (χ0n) is 17.7. The smallest absolute Gasteiger partial charge is 0.393 e. The molecule has 1 heterocycles. The van der Waals surface area contributed by atoms with E-state index in [1.165, 1.54) is 0 Å². The highest BCUT2D eigenvalue weighted by Crippen LogP contribution is 2.33. The van der Waals surface area contributed by atoms with Gasteiger partial charge in [0.05, 0.1) is 11.7 Å². The maximum atomic E-state index is 12.9. The fraction of sp³-hybridized carbons (Fsp3) is 0.524. The highest BCUT2D eigenvalue weighted by molar-refractivity contribution is 5.95. The quantitative estimate of drug-likeness (QED) is 0.439. The van der Waals surface area contributed by atoms with Crippen LogP contribution in [-0.2, 0) is 12.7 Å². The first-order valence-corrected chi connectivity index (χ1v) is 10.5. The summed E-state index contributed by atoms with van der Waals surface area (Å²) in [5.74, 6) is -0.800. The van der Waals surface area contributed by atoms with E-state index < -0.39 is 42.6 Å². The number of aliphatic hydroxyl groups is 2. The van der Waals surface area contributed by atoms with Crippen LogP contribution in [0.25, 0.3) is 11.3 Å². The van der Waals surface area contributed by atoms with E-state index in [2.05, 4.69) is 15.8 Å². The summed E-state index contributed by atoms with van der Waals surface area (Å²) in [5.41, 5.74) is -1.04. The van der Waals surface area contributed by atoms with Crippen molar-refractivity contribution >= 4 is 5.91 Å². The number of aromatic nitrogens is 1. The van der Waals surface area contributed by atoms with Gasteiger partial charge in [0.2, 0.25) is 0 Å². The summed E-state index contributed by atoms with van der Waals surface area (Å²) in [6.07, 6.45) is -10.5. The van der Waals surface area contributed by atoms with Gasteiger partial charge in [-0.05, 0) is 37.8 Å². The van der Waals surface area contributed by atoms with E-state index in [4.69, 9.17) is 4.52 Å². The largest absolute Gasteiger partial charge is 0.416 e. The summed E-state index contributed by atoms with van der Waals surface area (Å²) in [6, 6.07) is 3.43. The third-order valence-electron chi connectivity index (χ3n) is 5.48. The predicted molar refractivity (Wildman–Crippen MR) is 106 cm³/mol. The second-order valence-corrected chi connectivity index (χ2v) is 8.09. The summed E-state index contributed by atoms with van der Waals surface area (Å²) >= 11 is 0. The molecule has 1 saturated carbocycles. The van der Waals surface area contributed by atoms with Gasteiger partial charge in [-0.25, -0.2) is 0 Å². The van der Waals surface area contributed by atoms with Crippen LogP contribution in [0.4, 0.5) is 26.3 Å². The van der Waals surface area contributed by atoms with Gasteiger partial charge < -0.3 is 25.4 Å². The lowest BCUT2D eigenvalue weighted by Gasteiger charge is -2.26. The highest BCUT2D eigenvalue weighted by Gasteiger charge is 2.38. The standard InChI is InChI=1S/C21H23F6N3O4/c22-20(23,24)12-6-4-11(5-7-12)18-15(9-28-10-16(32)21(25,26)27)17(30-34-18)19(33)29-13-2-1-3-14(31)8-13/h4-7,13-14,16,28,31-32H,1-3,8-10H2,(H,29,33). The fourth-order valence-electron chi connectivity index (χ4n) is 3.69. The van der Waals surface area contributed by atoms with Crippen molar-refractivity contribution in [1.82, 2.24) is 15.8 Å². The Kier molecular flexibility index (Phi) is 7.88. The summed E-state index contributed by atoms with van der Waals surface area (Å²) in [4.78, 5) is 12.8. The van der Waals surface area contributed by atoms with Gasteiger partial charge in [0.25, 0.3) is 5.91 Å². The molecule has 0 spiro atoms. The van der Waals surface area contributed by atoms with Crippen LogP contribution in [0.2, 0.25) is 0 Å². The minimum absolute atomic E-state index is 0.0167. The molecule has 0 aliphatic heterocycles. The molecule has 4 N–H and O–H groups in total. The van der Waals surface area contributed by atoms with Crippen molar-refractivity contribution in [2.75, 3.05) is 6.54 Å². The Hall–Kier alpha value is -2.64. The molecule has 188 valence electrons. The summed E-state index contributed by atoms with van der Waals surface area (Å²) in [7, 11) is 0. The van der Waals surface area contributed by atoms with Gasteiger partial charge in [0.15, 0.2) is 17.6 Å². The van der Waals surface area contributed by atoms with Crippen molar-refractivity contribution in [1.29, 1.82) is 0 Å². The first-order chi connectivity index (χ1) is 15.9. The summed E-state index contributed by atoms with van der Waals surface area (Å²) in [6.45, 7) is -1.28. The third-order valence-corrected chi connectivity index (χ3v) is 5.48. The summed E-state index contributed by atoms with van der Waals surface area (Å²) in [5, 5.41) is 27.8. The molecule has 13 heteroatoms. The fourth-order valence-corrected chi connectivity index (χ4v) is 3.69. The first-order valence-electron chi connectivity index (χ1n) is 10.5.